The molecule has 0 saturated heterocycles. The molecule has 17 heavy (non-hydrogen) atoms. The van der Waals surface area contributed by atoms with E-state index >= 15 is 0 Å². The van der Waals surface area contributed by atoms with Crippen LogP contribution in [-0.4, -0.2) is 10.9 Å². The summed E-state index contributed by atoms with van der Waals surface area (Å²) in [6.45, 7) is 1.84. The minimum absolute atomic E-state index is 0.149. The molecule has 0 aliphatic carbocycles. The summed E-state index contributed by atoms with van der Waals surface area (Å²) in [5, 5.41) is 3.22. The second-order valence-electron chi connectivity index (χ2n) is 3.39. The van der Waals surface area contributed by atoms with Crippen molar-refractivity contribution in [3.63, 3.8) is 0 Å². The number of aryl methyl sites for hydroxylation is 1. The highest BCUT2D eigenvalue weighted by Crippen LogP contribution is 2.23. The lowest BCUT2D eigenvalue weighted by molar-refractivity contribution is 0.103. The highest BCUT2D eigenvalue weighted by Gasteiger charge is 2.09. The quantitative estimate of drug-likeness (QED) is 0.841. The number of halogens is 2. The molecule has 3 nitrogen and oxygen atoms in total. The highest BCUT2D eigenvalue weighted by molar-refractivity contribution is 9.11. The Morgan fingerprint density at radius 2 is 2.29 bits per heavy atom. The maximum Gasteiger partial charge on any atom is 0.265 e. The van der Waals surface area contributed by atoms with Gasteiger partial charge in [-0.15, -0.1) is 11.3 Å². The van der Waals surface area contributed by atoms with Crippen LogP contribution in [0, 0.1) is 6.92 Å². The summed E-state index contributed by atoms with van der Waals surface area (Å²) in [5.74, 6) is -0.149. The number of aromatic nitrogens is 1. The molecule has 0 saturated carbocycles. The van der Waals surface area contributed by atoms with E-state index in [4.69, 9.17) is 11.6 Å². The van der Waals surface area contributed by atoms with E-state index in [1.807, 2.05) is 13.0 Å². The molecule has 88 valence electrons. The van der Waals surface area contributed by atoms with Crippen LogP contribution in [0.15, 0.2) is 28.2 Å². The molecule has 0 aliphatic heterocycles. The summed E-state index contributed by atoms with van der Waals surface area (Å²) >= 11 is 10.5. The zero-order valence-corrected chi connectivity index (χ0v) is 12.0. The van der Waals surface area contributed by atoms with E-state index < -0.39 is 0 Å². The Hall–Kier alpha value is -0.910. The lowest BCUT2D eigenvalue weighted by Gasteiger charge is -2.04. The molecular formula is C11H8BrClN2OS. The average Bonchev–Trinajstić information content (AvgIpc) is 2.70. The third kappa shape index (κ3) is 3.06. The van der Waals surface area contributed by atoms with Gasteiger partial charge < -0.3 is 5.32 Å². The van der Waals surface area contributed by atoms with Crippen molar-refractivity contribution < 1.29 is 4.79 Å². The Morgan fingerprint density at radius 1 is 1.53 bits per heavy atom. The molecule has 0 bridgehead atoms. The van der Waals surface area contributed by atoms with Crippen LogP contribution in [0.3, 0.4) is 0 Å². The highest BCUT2D eigenvalue weighted by atomic mass is 79.9. The topological polar surface area (TPSA) is 42.0 Å². The summed E-state index contributed by atoms with van der Waals surface area (Å²) in [5.41, 5.74) is 1.47. The molecule has 0 fully saturated rings. The summed E-state index contributed by atoms with van der Waals surface area (Å²) in [6.07, 6.45) is 1.54. The number of thiophene rings is 1. The van der Waals surface area contributed by atoms with Gasteiger partial charge in [-0.25, -0.2) is 4.98 Å². The monoisotopic (exact) mass is 330 g/mol. The molecule has 1 amide bonds. The third-order valence-electron chi connectivity index (χ3n) is 2.07. The van der Waals surface area contributed by atoms with Crippen molar-refractivity contribution in [2.24, 2.45) is 0 Å². The smallest absolute Gasteiger partial charge is 0.265 e. The molecule has 6 heteroatoms. The predicted octanol–water partition coefficient (Wildman–Crippen LogP) is 4.12. The molecule has 1 N–H and O–H groups in total. The third-order valence-corrected chi connectivity index (χ3v) is 4.09. The van der Waals surface area contributed by atoms with E-state index in [9.17, 15) is 4.79 Å². The second kappa shape index (κ2) is 5.16. The van der Waals surface area contributed by atoms with Gasteiger partial charge in [-0.1, -0.05) is 11.6 Å². The molecule has 0 spiro atoms. The van der Waals surface area contributed by atoms with Crippen LogP contribution in [0.2, 0.25) is 5.15 Å². The summed E-state index contributed by atoms with van der Waals surface area (Å²) < 4.78 is 0.924. The van der Waals surface area contributed by atoms with Crippen molar-refractivity contribution in [1.29, 1.82) is 0 Å². The molecular weight excluding hydrogens is 324 g/mol. The number of pyridine rings is 1. The maximum absolute atomic E-state index is 11.8. The number of hydrogen-bond donors (Lipinski definition) is 1. The summed E-state index contributed by atoms with van der Waals surface area (Å²) in [4.78, 5) is 16.5. The number of nitrogens with one attached hydrogen (secondary N) is 1. The number of carbonyl (C=O) groups excluding carboxylic acids is 1. The van der Waals surface area contributed by atoms with Gasteiger partial charge in [-0.05, 0) is 46.6 Å². The van der Waals surface area contributed by atoms with Crippen LogP contribution in [0.1, 0.15) is 15.2 Å². The Bertz CT molecular complexity index is 570. The number of carbonyl (C=O) groups is 1. The fourth-order valence-corrected chi connectivity index (χ4v) is 2.64. The standard InChI is InChI=1S/C11H8BrClN2OS/c1-6-4-7(5-14-10(6)13)15-11(16)8-2-3-9(12)17-8/h2-5H,1H3,(H,15,16). The Labute approximate surface area is 116 Å². The van der Waals surface area contributed by atoms with Gasteiger partial charge in [0.05, 0.1) is 20.5 Å². The van der Waals surface area contributed by atoms with Crippen molar-refractivity contribution in [3.8, 4) is 0 Å². The Balaban J connectivity index is 2.15. The van der Waals surface area contributed by atoms with Crippen LogP contribution < -0.4 is 5.32 Å². The molecule has 2 rings (SSSR count). The van der Waals surface area contributed by atoms with Gasteiger partial charge in [-0.3, -0.25) is 4.79 Å². The fourth-order valence-electron chi connectivity index (χ4n) is 1.26. The van der Waals surface area contributed by atoms with Crippen molar-refractivity contribution >= 4 is 50.5 Å². The van der Waals surface area contributed by atoms with Crippen molar-refractivity contribution in [2.75, 3.05) is 5.32 Å². The van der Waals surface area contributed by atoms with Crippen molar-refractivity contribution in [3.05, 3.63) is 43.8 Å². The first-order chi connectivity index (χ1) is 8.06. The first-order valence-electron chi connectivity index (χ1n) is 4.75. The van der Waals surface area contributed by atoms with E-state index in [1.54, 1.807) is 12.1 Å². The molecule has 2 heterocycles. The summed E-state index contributed by atoms with van der Waals surface area (Å²) in [6, 6.07) is 5.39. The van der Waals surface area contributed by atoms with Crippen LogP contribution in [0.4, 0.5) is 5.69 Å². The number of hydrogen-bond acceptors (Lipinski definition) is 3. The SMILES string of the molecule is Cc1cc(NC(=O)c2ccc(Br)s2)cnc1Cl. The van der Waals surface area contributed by atoms with Gasteiger partial charge in [0.2, 0.25) is 0 Å². The molecule has 0 radical (unpaired) electrons. The second-order valence-corrected chi connectivity index (χ2v) is 6.21. The van der Waals surface area contributed by atoms with E-state index in [0.717, 1.165) is 9.35 Å². The molecule has 0 unspecified atom stereocenters. The van der Waals surface area contributed by atoms with Crippen LogP contribution >= 0.6 is 38.9 Å². The molecule has 2 aromatic heterocycles. The van der Waals surface area contributed by atoms with Gasteiger partial charge in [0.1, 0.15) is 5.15 Å². The number of anilines is 1. The molecule has 2 aromatic rings. The normalized spacial score (nSPS) is 10.3. The molecule has 0 aromatic carbocycles. The van der Waals surface area contributed by atoms with Crippen molar-refractivity contribution in [2.45, 2.75) is 6.92 Å². The van der Waals surface area contributed by atoms with E-state index in [0.29, 0.717) is 15.7 Å². The number of nitrogens with zero attached hydrogens (tertiary/aromatic N) is 1. The average molecular weight is 332 g/mol. The first-order valence-corrected chi connectivity index (χ1v) is 6.74. The first kappa shape index (κ1) is 12.5. The predicted molar refractivity (Wildman–Crippen MR) is 74.0 cm³/mol. The minimum Gasteiger partial charge on any atom is -0.320 e. The van der Waals surface area contributed by atoms with Crippen LogP contribution in [0.25, 0.3) is 0 Å². The maximum atomic E-state index is 11.8. The Kier molecular flexibility index (Phi) is 3.81. The van der Waals surface area contributed by atoms with Gasteiger partial charge in [0.15, 0.2) is 0 Å². The Morgan fingerprint density at radius 3 is 2.88 bits per heavy atom. The van der Waals surface area contributed by atoms with Gasteiger partial charge in [-0.2, -0.15) is 0 Å². The van der Waals surface area contributed by atoms with Gasteiger partial charge >= 0.3 is 0 Å². The van der Waals surface area contributed by atoms with E-state index in [2.05, 4.69) is 26.2 Å². The van der Waals surface area contributed by atoms with Gasteiger partial charge in [0, 0.05) is 0 Å². The lowest BCUT2D eigenvalue weighted by atomic mass is 10.3. The minimum atomic E-state index is -0.149. The zero-order chi connectivity index (χ0) is 12.4. The van der Waals surface area contributed by atoms with Gasteiger partial charge in [0.25, 0.3) is 5.91 Å². The largest absolute Gasteiger partial charge is 0.320 e. The summed E-state index contributed by atoms with van der Waals surface area (Å²) in [7, 11) is 0. The zero-order valence-electron chi connectivity index (χ0n) is 8.83. The molecule has 0 aliphatic rings. The number of rotatable bonds is 2. The fraction of sp³-hybridized carbons (Fsp3) is 0.0909. The van der Waals surface area contributed by atoms with E-state index in [-0.39, 0.29) is 5.91 Å². The van der Waals surface area contributed by atoms with Crippen LogP contribution in [0.5, 0.6) is 0 Å². The van der Waals surface area contributed by atoms with Crippen LogP contribution in [-0.2, 0) is 0 Å². The van der Waals surface area contributed by atoms with E-state index in [1.165, 1.54) is 17.5 Å². The van der Waals surface area contributed by atoms with Crippen molar-refractivity contribution in [1.82, 2.24) is 4.98 Å². The lowest BCUT2D eigenvalue weighted by Crippen LogP contribution is -2.10. The molecule has 0 atom stereocenters. The number of amides is 1.